The molecule has 0 saturated heterocycles. The summed E-state index contributed by atoms with van der Waals surface area (Å²) in [6.07, 6.45) is 5.23. The van der Waals surface area contributed by atoms with Crippen LogP contribution in [0.5, 0.6) is 0 Å². The van der Waals surface area contributed by atoms with Gasteiger partial charge in [0, 0.05) is 19.4 Å². The number of aliphatic imine (C=N–C) groups is 1. The molecule has 1 heterocycles. The third kappa shape index (κ3) is 2.17. The van der Waals surface area contributed by atoms with Gasteiger partial charge in [0.15, 0.2) is 0 Å². The Morgan fingerprint density at radius 1 is 1.83 bits per heavy atom. The summed E-state index contributed by atoms with van der Waals surface area (Å²) in [7, 11) is 1.90. The lowest BCUT2D eigenvalue weighted by atomic mass is 10.4. The monoisotopic (exact) mass is 167 g/mol. The highest BCUT2D eigenvalue weighted by molar-refractivity contribution is 5.74. The van der Waals surface area contributed by atoms with Crippen molar-refractivity contribution in [1.82, 2.24) is 9.55 Å². The zero-order valence-electron chi connectivity index (χ0n) is 7.31. The molecule has 1 rings (SSSR count). The highest BCUT2D eigenvalue weighted by Gasteiger charge is 1.96. The molecule has 0 spiro atoms. The summed E-state index contributed by atoms with van der Waals surface area (Å²) in [6.45, 7) is 1.92. The summed E-state index contributed by atoms with van der Waals surface area (Å²) in [4.78, 5) is 8.14. The quantitative estimate of drug-likeness (QED) is 0.655. The number of aryl methyl sites for hydroxylation is 1. The van der Waals surface area contributed by atoms with E-state index in [-0.39, 0.29) is 12.6 Å². The van der Waals surface area contributed by atoms with Crippen LogP contribution in [0.25, 0.3) is 0 Å². The van der Waals surface area contributed by atoms with Crippen molar-refractivity contribution in [3.05, 3.63) is 18.2 Å². The summed E-state index contributed by atoms with van der Waals surface area (Å²) in [5.74, 6) is 0.801. The molecule has 4 heteroatoms. The highest BCUT2D eigenvalue weighted by Crippen LogP contribution is 1.92. The summed E-state index contributed by atoms with van der Waals surface area (Å²) in [6, 6.07) is -0.0540. The lowest BCUT2D eigenvalue weighted by molar-refractivity contribution is 0.275. The molecule has 66 valence electrons. The van der Waals surface area contributed by atoms with E-state index in [2.05, 4.69) is 9.98 Å². The van der Waals surface area contributed by atoms with Gasteiger partial charge in [-0.2, -0.15) is 0 Å². The first kappa shape index (κ1) is 8.93. The van der Waals surface area contributed by atoms with Crippen LogP contribution in [0.2, 0.25) is 0 Å². The van der Waals surface area contributed by atoms with Crippen molar-refractivity contribution in [1.29, 1.82) is 0 Å². The molecule has 4 nitrogen and oxygen atoms in total. The van der Waals surface area contributed by atoms with E-state index in [1.165, 1.54) is 0 Å². The zero-order valence-corrected chi connectivity index (χ0v) is 7.31. The fourth-order valence-electron chi connectivity index (χ4n) is 0.743. The van der Waals surface area contributed by atoms with E-state index in [9.17, 15) is 0 Å². The van der Waals surface area contributed by atoms with Crippen molar-refractivity contribution in [3.8, 4) is 0 Å². The van der Waals surface area contributed by atoms with Gasteiger partial charge >= 0.3 is 0 Å². The molecule has 0 amide bonds. The van der Waals surface area contributed by atoms with Crippen LogP contribution in [0.4, 0.5) is 0 Å². The molecule has 0 aromatic carbocycles. The van der Waals surface area contributed by atoms with Gasteiger partial charge in [0.2, 0.25) is 0 Å². The molecule has 0 fully saturated rings. The van der Waals surface area contributed by atoms with Crippen molar-refractivity contribution in [3.63, 3.8) is 0 Å². The van der Waals surface area contributed by atoms with Gasteiger partial charge in [0.25, 0.3) is 0 Å². The van der Waals surface area contributed by atoms with E-state index < -0.39 is 0 Å². The Balaban J connectivity index is 2.63. The maximum Gasteiger partial charge on any atom is 0.150 e. The van der Waals surface area contributed by atoms with Gasteiger partial charge < -0.3 is 9.67 Å². The number of rotatable bonds is 3. The minimum atomic E-state index is -0.0540. The molecule has 1 aromatic heterocycles. The molecule has 0 aliphatic carbocycles. The summed E-state index contributed by atoms with van der Waals surface area (Å²) < 4.78 is 1.87. The predicted molar refractivity (Wildman–Crippen MR) is 47.3 cm³/mol. The lowest BCUT2D eigenvalue weighted by Gasteiger charge is -1.98. The Kier molecular flexibility index (Phi) is 2.99. The van der Waals surface area contributed by atoms with E-state index in [1.54, 1.807) is 12.4 Å². The Morgan fingerprint density at radius 2 is 2.58 bits per heavy atom. The lowest BCUT2D eigenvalue weighted by Crippen LogP contribution is -2.05. The maximum atomic E-state index is 8.69. The number of imidazole rings is 1. The molecule has 0 bridgehead atoms. The van der Waals surface area contributed by atoms with Crippen LogP contribution in [0.15, 0.2) is 17.4 Å². The smallest absolute Gasteiger partial charge is 0.150 e. The number of hydrogen-bond donors (Lipinski definition) is 1. The molecule has 1 atom stereocenters. The van der Waals surface area contributed by atoms with Gasteiger partial charge in [0.05, 0.1) is 18.9 Å². The van der Waals surface area contributed by atoms with Crippen LogP contribution in [0, 0.1) is 0 Å². The number of aromatic nitrogens is 2. The number of nitrogens with zero attached hydrogens (tertiary/aromatic N) is 3. The van der Waals surface area contributed by atoms with Crippen LogP contribution < -0.4 is 0 Å². The van der Waals surface area contributed by atoms with Crippen LogP contribution in [0.1, 0.15) is 12.7 Å². The molecular weight excluding hydrogens is 154 g/mol. The number of aliphatic hydroxyl groups excluding tert-OH is 1. The number of hydrogen-bond acceptors (Lipinski definition) is 3. The Morgan fingerprint density at radius 3 is 3.08 bits per heavy atom. The minimum absolute atomic E-state index is 0.0540. The molecule has 0 radical (unpaired) electrons. The second kappa shape index (κ2) is 4.01. The first-order chi connectivity index (χ1) is 5.74. The van der Waals surface area contributed by atoms with Crippen LogP contribution >= 0.6 is 0 Å². The molecule has 0 aliphatic rings. The van der Waals surface area contributed by atoms with E-state index in [0.717, 1.165) is 5.82 Å². The summed E-state index contributed by atoms with van der Waals surface area (Å²) >= 11 is 0. The average molecular weight is 167 g/mol. The van der Waals surface area contributed by atoms with E-state index in [4.69, 9.17) is 5.11 Å². The fraction of sp³-hybridized carbons (Fsp3) is 0.500. The van der Waals surface area contributed by atoms with Crippen molar-refractivity contribution in [2.24, 2.45) is 12.0 Å². The van der Waals surface area contributed by atoms with E-state index in [1.807, 2.05) is 24.7 Å². The third-order valence-corrected chi connectivity index (χ3v) is 1.57. The van der Waals surface area contributed by atoms with Crippen molar-refractivity contribution in [2.45, 2.75) is 13.0 Å². The van der Waals surface area contributed by atoms with Crippen LogP contribution in [0.3, 0.4) is 0 Å². The second-order valence-corrected chi connectivity index (χ2v) is 2.71. The normalized spacial score (nSPS) is 13.9. The first-order valence-corrected chi connectivity index (χ1v) is 3.85. The van der Waals surface area contributed by atoms with E-state index >= 15 is 0 Å². The molecule has 12 heavy (non-hydrogen) atoms. The van der Waals surface area contributed by atoms with Crippen molar-refractivity contribution >= 4 is 6.21 Å². The van der Waals surface area contributed by atoms with Gasteiger partial charge in [-0.15, -0.1) is 0 Å². The SMILES string of the molecule is C[C@@H](CO)N=Cc1nccn1C. The zero-order chi connectivity index (χ0) is 8.97. The molecule has 0 saturated carbocycles. The summed E-state index contributed by atoms with van der Waals surface area (Å²) in [5, 5.41) is 8.69. The number of aliphatic hydroxyl groups is 1. The maximum absolute atomic E-state index is 8.69. The van der Waals surface area contributed by atoms with E-state index in [0.29, 0.717) is 0 Å². The van der Waals surface area contributed by atoms with Crippen LogP contribution in [-0.2, 0) is 7.05 Å². The average Bonchev–Trinajstić information content (AvgIpc) is 2.47. The second-order valence-electron chi connectivity index (χ2n) is 2.71. The largest absolute Gasteiger partial charge is 0.394 e. The Bertz CT molecular complexity index is 267. The minimum Gasteiger partial charge on any atom is -0.394 e. The molecule has 0 unspecified atom stereocenters. The van der Waals surface area contributed by atoms with Gasteiger partial charge in [-0.05, 0) is 6.92 Å². The summed E-state index contributed by atoms with van der Waals surface area (Å²) in [5.41, 5.74) is 0. The Labute approximate surface area is 71.6 Å². The van der Waals surface area contributed by atoms with Crippen molar-refractivity contribution < 1.29 is 5.11 Å². The fourth-order valence-corrected chi connectivity index (χ4v) is 0.743. The van der Waals surface area contributed by atoms with Gasteiger partial charge in [-0.1, -0.05) is 0 Å². The Hall–Kier alpha value is -1.16. The van der Waals surface area contributed by atoms with Gasteiger partial charge in [-0.3, -0.25) is 4.99 Å². The van der Waals surface area contributed by atoms with Gasteiger partial charge in [0.1, 0.15) is 5.82 Å². The molecule has 1 aromatic rings. The predicted octanol–water partition coefficient (Wildman–Crippen LogP) is 0.220. The first-order valence-electron chi connectivity index (χ1n) is 3.85. The molecule has 0 aliphatic heterocycles. The van der Waals surface area contributed by atoms with Crippen molar-refractivity contribution in [2.75, 3.05) is 6.61 Å². The molecular formula is C8H13N3O. The highest BCUT2D eigenvalue weighted by atomic mass is 16.3. The van der Waals surface area contributed by atoms with Gasteiger partial charge in [-0.25, -0.2) is 4.98 Å². The standard InChI is InChI=1S/C8H13N3O/c1-7(6-12)10-5-8-9-3-4-11(8)2/h3-5,7,12H,6H2,1-2H3/t7-/m0/s1. The van der Waals surface area contributed by atoms with Crippen LogP contribution in [-0.4, -0.2) is 33.5 Å². The topological polar surface area (TPSA) is 50.4 Å². The third-order valence-electron chi connectivity index (χ3n) is 1.57. The molecule has 1 N–H and O–H groups in total.